The number of benzene rings is 1. The quantitative estimate of drug-likeness (QED) is 0.794. The van der Waals surface area contributed by atoms with Crippen LogP contribution in [0.5, 0.6) is 17.2 Å². The Balaban J connectivity index is 2.50. The van der Waals surface area contributed by atoms with Crippen LogP contribution in [0.1, 0.15) is 11.3 Å². The van der Waals surface area contributed by atoms with Crippen LogP contribution < -0.4 is 19.0 Å². The fraction of sp³-hybridized carbons (Fsp3) is 0.333. The van der Waals surface area contributed by atoms with Gasteiger partial charge in [0.2, 0.25) is 10.6 Å². The minimum atomic E-state index is 0.543. The van der Waals surface area contributed by atoms with Gasteiger partial charge in [0.1, 0.15) is 0 Å². The first-order chi connectivity index (χ1) is 10.7. The molecule has 0 saturated heterocycles. The number of nitrogens with zero attached hydrogens (tertiary/aromatic N) is 3. The number of hydrogen-bond donors (Lipinski definition) is 0. The Morgan fingerprint density at radius 3 is 2.41 bits per heavy atom. The lowest BCUT2D eigenvalue weighted by atomic mass is 10.2. The molecule has 0 spiro atoms. The van der Waals surface area contributed by atoms with E-state index in [9.17, 15) is 0 Å². The van der Waals surface area contributed by atoms with E-state index in [0.29, 0.717) is 17.2 Å². The van der Waals surface area contributed by atoms with Crippen LogP contribution in [0.15, 0.2) is 27.6 Å². The van der Waals surface area contributed by atoms with E-state index in [1.54, 1.807) is 50.6 Å². The maximum Gasteiger partial charge on any atom is 0.205 e. The predicted molar refractivity (Wildman–Crippen MR) is 87.6 cm³/mol. The van der Waals surface area contributed by atoms with Crippen LogP contribution in [0, 0.1) is 6.92 Å². The van der Waals surface area contributed by atoms with Gasteiger partial charge in [-0.05, 0) is 19.1 Å². The Labute approximate surface area is 133 Å². The van der Waals surface area contributed by atoms with Crippen LogP contribution in [-0.2, 0) is 0 Å². The number of thiazole rings is 1. The summed E-state index contributed by atoms with van der Waals surface area (Å²) in [6, 6.07) is 3.69. The molecule has 1 aromatic heterocycles. The van der Waals surface area contributed by atoms with Crippen molar-refractivity contribution in [1.29, 1.82) is 0 Å². The highest BCUT2D eigenvalue weighted by Crippen LogP contribution is 2.38. The fourth-order valence-electron chi connectivity index (χ4n) is 2.02. The van der Waals surface area contributed by atoms with Crippen LogP contribution in [0.25, 0.3) is 0 Å². The maximum atomic E-state index is 5.44. The lowest BCUT2D eigenvalue weighted by Gasteiger charge is -2.13. The van der Waals surface area contributed by atoms with Gasteiger partial charge in [-0.15, -0.1) is 11.3 Å². The molecule has 7 heteroatoms. The second-order valence-electron chi connectivity index (χ2n) is 4.36. The van der Waals surface area contributed by atoms with Crippen LogP contribution in [-0.4, -0.2) is 39.3 Å². The lowest BCUT2D eigenvalue weighted by molar-refractivity contribution is 0.324. The Morgan fingerprint density at radius 1 is 1.09 bits per heavy atom. The molecule has 0 aliphatic heterocycles. The van der Waals surface area contributed by atoms with Crippen molar-refractivity contribution in [3.8, 4) is 17.2 Å². The van der Waals surface area contributed by atoms with E-state index in [0.717, 1.165) is 16.1 Å². The third kappa shape index (κ3) is 2.99. The number of hydrogen-bond acceptors (Lipinski definition) is 6. The van der Waals surface area contributed by atoms with Crippen LogP contribution in [0.4, 0.5) is 0 Å². The summed E-state index contributed by atoms with van der Waals surface area (Å²) in [6.45, 7) is 1.98. The monoisotopic (exact) mass is 321 g/mol. The van der Waals surface area contributed by atoms with E-state index >= 15 is 0 Å². The topological polar surface area (TPSA) is 57.3 Å². The van der Waals surface area contributed by atoms with E-state index in [2.05, 4.69) is 10.1 Å². The van der Waals surface area contributed by atoms with Gasteiger partial charge in [-0.1, -0.05) is 0 Å². The van der Waals surface area contributed by atoms with Crippen molar-refractivity contribution in [2.75, 3.05) is 28.4 Å². The highest BCUT2D eigenvalue weighted by atomic mass is 32.1. The molecule has 0 radical (unpaired) electrons. The molecule has 2 rings (SSSR count). The molecule has 0 aliphatic carbocycles. The van der Waals surface area contributed by atoms with Gasteiger partial charge in [0.05, 0.1) is 33.2 Å². The normalized spacial score (nSPS) is 12.0. The first-order valence-electron chi connectivity index (χ1n) is 6.59. The van der Waals surface area contributed by atoms with Crippen molar-refractivity contribution in [3.05, 3.63) is 33.6 Å². The van der Waals surface area contributed by atoms with Crippen LogP contribution >= 0.6 is 11.3 Å². The first-order valence-corrected chi connectivity index (χ1v) is 7.47. The Morgan fingerprint density at radius 2 is 1.82 bits per heavy atom. The van der Waals surface area contributed by atoms with Gasteiger partial charge >= 0.3 is 0 Å². The number of ether oxygens (including phenoxy) is 3. The zero-order valence-corrected chi connectivity index (χ0v) is 14.1. The van der Waals surface area contributed by atoms with E-state index in [4.69, 9.17) is 14.2 Å². The van der Waals surface area contributed by atoms with Gasteiger partial charge in [-0.2, -0.15) is 5.10 Å². The molecule has 2 aromatic rings. The van der Waals surface area contributed by atoms with E-state index < -0.39 is 0 Å². The van der Waals surface area contributed by atoms with Gasteiger partial charge in [-0.3, -0.25) is 4.99 Å². The van der Waals surface area contributed by atoms with E-state index in [-0.39, 0.29) is 0 Å². The predicted octanol–water partition coefficient (Wildman–Crippen LogP) is 2.30. The summed E-state index contributed by atoms with van der Waals surface area (Å²) >= 11 is 1.54. The van der Waals surface area contributed by atoms with Crippen LogP contribution in [0.2, 0.25) is 0 Å². The maximum absolute atomic E-state index is 5.44. The third-order valence-electron chi connectivity index (χ3n) is 3.09. The molecule has 0 bridgehead atoms. The second-order valence-corrected chi connectivity index (χ2v) is 5.20. The summed E-state index contributed by atoms with van der Waals surface area (Å²) in [5.41, 5.74) is 1.81. The molecule has 0 amide bonds. The summed E-state index contributed by atoms with van der Waals surface area (Å²) in [5, 5.41) is 6.48. The number of methoxy groups -OCH3 is 3. The van der Waals surface area contributed by atoms with Gasteiger partial charge in [0, 0.05) is 18.0 Å². The van der Waals surface area contributed by atoms with Gasteiger partial charge in [-0.25, -0.2) is 4.68 Å². The fourth-order valence-corrected chi connectivity index (χ4v) is 2.79. The molecule has 118 valence electrons. The zero-order chi connectivity index (χ0) is 16.1. The van der Waals surface area contributed by atoms with Crippen molar-refractivity contribution in [2.45, 2.75) is 6.92 Å². The van der Waals surface area contributed by atoms with Gasteiger partial charge in [0.25, 0.3) is 0 Å². The Hall–Kier alpha value is -2.28. The van der Waals surface area contributed by atoms with Gasteiger partial charge in [0.15, 0.2) is 11.5 Å². The SMILES string of the molecule is CN=c1scc(C)n1N=Cc1ccc(OC)c(OC)c1OC. The molecular weight excluding hydrogens is 302 g/mol. The van der Waals surface area contributed by atoms with Crippen LogP contribution in [0.3, 0.4) is 0 Å². The van der Waals surface area contributed by atoms with Crippen molar-refractivity contribution in [2.24, 2.45) is 10.1 Å². The summed E-state index contributed by atoms with van der Waals surface area (Å²) < 4.78 is 17.9. The Kier molecular flexibility index (Phi) is 5.21. The molecule has 0 atom stereocenters. The summed E-state index contributed by atoms with van der Waals surface area (Å²) in [5.74, 6) is 1.73. The molecular formula is C15H19N3O3S. The smallest absolute Gasteiger partial charge is 0.205 e. The van der Waals surface area contributed by atoms with Crippen molar-refractivity contribution in [1.82, 2.24) is 4.68 Å². The van der Waals surface area contributed by atoms with E-state index in [1.807, 2.05) is 24.4 Å². The van der Waals surface area contributed by atoms with Gasteiger partial charge < -0.3 is 14.2 Å². The summed E-state index contributed by atoms with van der Waals surface area (Å²) in [6.07, 6.45) is 1.72. The molecule has 0 fully saturated rings. The molecule has 6 nitrogen and oxygen atoms in total. The van der Waals surface area contributed by atoms with Crippen molar-refractivity contribution >= 4 is 17.6 Å². The minimum absolute atomic E-state index is 0.543. The average Bonchev–Trinajstić information content (AvgIpc) is 2.91. The zero-order valence-electron chi connectivity index (χ0n) is 13.3. The standard InChI is InChI=1S/C15H19N3O3S/c1-10-9-22-15(16-2)18(10)17-8-11-6-7-12(19-3)14(21-5)13(11)20-4/h6-9H,1-5H3. The average molecular weight is 321 g/mol. The van der Waals surface area contributed by atoms with Crippen molar-refractivity contribution in [3.63, 3.8) is 0 Å². The number of aromatic nitrogens is 1. The molecule has 0 unspecified atom stereocenters. The molecule has 22 heavy (non-hydrogen) atoms. The molecule has 1 aromatic carbocycles. The molecule has 0 N–H and O–H groups in total. The largest absolute Gasteiger partial charge is 0.493 e. The molecule has 1 heterocycles. The highest BCUT2D eigenvalue weighted by molar-refractivity contribution is 7.07. The highest BCUT2D eigenvalue weighted by Gasteiger charge is 2.14. The van der Waals surface area contributed by atoms with E-state index in [1.165, 1.54) is 0 Å². The summed E-state index contributed by atoms with van der Waals surface area (Å²) in [7, 11) is 6.50. The summed E-state index contributed by atoms with van der Waals surface area (Å²) in [4.78, 5) is 5.03. The third-order valence-corrected chi connectivity index (χ3v) is 4.11. The number of aryl methyl sites for hydroxylation is 1. The lowest BCUT2D eigenvalue weighted by Crippen LogP contribution is -2.11. The molecule has 0 saturated carbocycles. The molecule has 0 aliphatic rings. The number of rotatable bonds is 5. The van der Waals surface area contributed by atoms with Crippen molar-refractivity contribution < 1.29 is 14.2 Å². The minimum Gasteiger partial charge on any atom is -0.493 e. The second kappa shape index (κ2) is 7.13. The first kappa shape index (κ1) is 16.1. The Bertz CT molecular complexity index is 747.